The average Bonchev–Trinajstić information content (AvgIpc) is 3.51. The Hall–Kier alpha value is -4.81. The van der Waals surface area contributed by atoms with Crippen molar-refractivity contribution < 1.29 is 23.1 Å². The first-order chi connectivity index (χ1) is 16.7. The van der Waals surface area contributed by atoms with Gasteiger partial charge in [-0.05, 0) is 37.3 Å². The van der Waals surface area contributed by atoms with E-state index in [0.717, 1.165) is 33.8 Å². The molecule has 178 valence electrons. The number of aliphatic carboxylic acids is 1. The van der Waals surface area contributed by atoms with Crippen molar-refractivity contribution in [1.29, 1.82) is 0 Å². The van der Waals surface area contributed by atoms with E-state index < -0.39 is 12.1 Å². The van der Waals surface area contributed by atoms with Crippen LogP contribution in [0.1, 0.15) is 5.82 Å². The number of alkyl halides is 3. The van der Waals surface area contributed by atoms with E-state index in [1.165, 1.54) is 0 Å². The molecule has 5 aromatic rings. The number of aryl methyl sites for hydroxylation is 1. The van der Waals surface area contributed by atoms with E-state index in [2.05, 4.69) is 25.4 Å². The molecule has 0 saturated carbocycles. The Bertz CT molecular complexity index is 1450. The van der Waals surface area contributed by atoms with Crippen molar-refractivity contribution >= 4 is 28.5 Å². The summed E-state index contributed by atoms with van der Waals surface area (Å²) < 4.78 is 35.4. The molecule has 5 rings (SSSR count). The minimum atomic E-state index is -5.08. The number of nitrogens with one attached hydrogen (secondary N) is 1. The lowest BCUT2D eigenvalue weighted by atomic mass is 10.2. The second-order valence-corrected chi connectivity index (χ2v) is 7.09. The maximum Gasteiger partial charge on any atom is 0.490 e. The maximum absolute atomic E-state index is 10.6. The number of anilines is 2. The largest absolute Gasteiger partial charge is 0.490 e. The fourth-order valence-corrected chi connectivity index (χ4v) is 3.01. The van der Waals surface area contributed by atoms with Crippen molar-refractivity contribution in [1.82, 2.24) is 34.3 Å². The third-order valence-electron chi connectivity index (χ3n) is 4.61. The van der Waals surface area contributed by atoms with Crippen LogP contribution in [0.15, 0.2) is 73.7 Å². The summed E-state index contributed by atoms with van der Waals surface area (Å²) in [5.74, 6) is -1.49. The van der Waals surface area contributed by atoms with Gasteiger partial charge in [-0.1, -0.05) is 12.1 Å². The molecule has 3 aromatic heterocycles. The van der Waals surface area contributed by atoms with Gasteiger partial charge in [-0.25, -0.2) is 29.4 Å². The molecule has 10 nitrogen and oxygen atoms in total. The lowest BCUT2D eigenvalue weighted by Gasteiger charge is -2.09. The van der Waals surface area contributed by atoms with Crippen molar-refractivity contribution in [2.45, 2.75) is 13.1 Å². The molecule has 0 radical (unpaired) electrons. The van der Waals surface area contributed by atoms with Crippen LogP contribution in [0.3, 0.4) is 0 Å². The molecular formula is C22H17F3N8O2. The lowest BCUT2D eigenvalue weighted by Crippen LogP contribution is -2.21. The van der Waals surface area contributed by atoms with Gasteiger partial charge in [-0.15, -0.1) is 0 Å². The van der Waals surface area contributed by atoms with Crippen molar-refractivity contribution in [3.63, 3.8) is 0 Å². The minimum absolute atomic E-state index is 0.532. The number of carbonyl (C=O) groups is 1. The first kappa shape index (κ1) is 23.4. The molecule has 0 spiro atoms. The number of hydrogen-bond acceptors (Lipinski definition) is 7. The van der Waals surface area contributed by atoms with Crippen LogP contribution in [0.2, 0.25) is 0 Å². The van der Waals surface area contributed by atoms with Gasteiger partial charge in [0.2, 0.25) is 5.95 Å². The molecule has 2 N–H and O–H groups in total. The molecule has 0 unspecified atom stereocenters. The molecule has 0 bridgehead atoms. The van der Waals surface area contributed by atoms with Crippen LogP contribution in [-0.4, -0.2) is 51.5 Å². The van der Waals surface area contributed by atoms with E-state index in [9.17, 15) is 13.2 Å². The number of para-hydroxylation sites is 1. The summed E-state index contributed by atoms with van der Waals surface area (Å²) >= 11 is 0. The van der Waals surface area contributed by atoms with Crippen LogP contribution in [0, 0.1) is 6.92 Å². The molecule has 0 amide bonds. The summed E-state index contributed by atoms with van der Waals surface area (Å²) in [6.45, 7) is 1.86. The first-order valence-electron chi connectivity index (χ1n) is 10.0. The van der Waals surface area contributed by atoms with Gasteiger partial charge in [0.1, 0.15) is 12.2 Å². The third-order valence-corrected chi connectivity index (χ3v) is 4.61. The normalized spacial score (nSPS) is 11.1. The molecule has 0 saturated heterocycles. The number of aromatic nitrogens is 7. The molecule has 35 heavy (non-hydrogen) atoms. The van der Waals surface area contributed by atoms with Crippen LogP contribution in [0.25, 0.3) is 22.3 Å². The second-order valence-electron chi connectivity index (χ2n) is 7.09. The van der Waals surface area contributed by atoms with Gasteiger partial charge in [-0.3, -0.25) is 0 Å². The molecule has 0 aliphatic carbocycles. The van der Waals surface area contributed by atoms with Gasteiger partial charge in [0.15, 0.2) is 0 Å². The molecular weight excluding hydrogens is 465 g/mol. The maximum atomic E-state index is 10.6. The van der Waals surface area contributed by atoms with E-state index in [0.29, 0.717) is 5.95 Å². The van der Waals surface area contributed by atoms with Crippen LogP contribution in [0.4, 0.5) is 24.8 Å². The van der Waals surface area contributed by atoms with Gasteiger partial charge in [0.25, 0.3) is 0 Å². The number of carboxylic acids is 1. The summed E-state index contributed by atoms with van der Waals surface area (Å²) in [6.07, 6.45) is 3.83. The van der Waals surface area contributed by atoms with Crippen LogP contribution < -0.4 is 5.32 Å². The van der Waals surface area contributed by atoms with Crippen LogP contribution in [-0.2, 0) is 4.79 Å². The van der Waals surface area contributed by atoms with Gasteiger partial charge in [0, 0.05) is 29.7 Å². The smallest absolute Gasteiger partial charge is 0.475 e. The third kappa shape index (κ3) is 5.58. The van der Waals surface area contributed by atoms with Gasteiger partial charge < -0.3 is 15.0 Å². The molecule has 2 aromatic carbocycles. The minimum Gasteiger partial charge on any atom is -0.475 e. The number of carboxylic acid groups (broad SMARTS) is 1. The Labute approximate surface area is 195 Å². The van der Waals surface area contributed by atoms with Crippen molar-refractivity contribution in [3.8, 4) is 11.4 Å². The van der Waals surface area contributed by atoms with E-state index in [1.807, 2.05) is 66.3 Å². The van der Waals surface area contributed by atoms with Crippen LogP contribution in [0.5, 0.6) is 0 Å². The van der Waals surface area contributed by atoms with E-state index in [4.69, 9.17) is 14.9 Å². The van der Waals surface area contributed by atoms with Gasteiger partial charge in [-0.2, -0.15) is 18.3 Å². The van der Waals surface area contributed by atoms with E-state index in [1.54, 1.807) is 23.5 Å². The fourth-order valence-electron chi connectivity index (χ4n) is 3.01. The Morgan fingerprint density at radius 2 is 1.80 bits per heavy atom. The molecule has 0 aliphatic rings. The zero-order valence-electron chi connectivity index (χ0n) is 18.0. The van der Waals surface area contributed by atoms with E-state index in [-0.39, 0.29) is 0 Å². The Morgan fingerprint density at radius 3 is 2.40 bits per heavy atom. The quantitative estimate of drug-likeness (QED) is 0.393. The topological polar surface area (TPSA) is 124 Å². The van der Waals surface area contributed by atoms with Gasteiger partial charge >= 0.3 is 12.1 Å². The number of rotatable bonds is 4. The SMILES string of the molecule is Cc1ncn(-c2ccc(Nc3ncc4cccc(-n5ccnc5)c4n3)cc2)n1.O=C(O)C(F)(F)F. The number of fused-ring (bicyclic) bond motifs is 1. The van der Waals surface area contributed by atoms with Crippen molar-refractivity contribution in [2.75, 3.05) is 5.32 Å². The fraction of sp³-hybridized carbons (Fsp3) is 0.0909. The monoisotopic (exact) mass is 482 g/mol. The zero-order chi connectivity index (χ0) is 25.0. The number of nitrogens with zero attached hydrogens (tertiary/aromatic N) is 7. The molecule has 13 heteroatoms. The zero-order valence-corrected chi connectivity index (χ0v) is 18.0. The number of halogens is 3. The summed E-state index contributed by atoms with van der Waals surface area (Å²) in [6, 6.07) is 13.8. The summed E-state index contributed by atoms with van der Waals surface area (Å²) in [5, 5.41) is 15.7. The highest BCUT2D eigenvalue weighted by molar-refractivity contribution is 5.86. The average molecular weight is 482 g/mol. The summed E-state index contributed by atoms with van der Waals surface area (Å²) in [7, 11) is 0. The van der Waals surface area contributed by atoms with Gasteiger partial charge in [0.05, 0.1) is 23.2 Å². The van der Waals surface area contributed by atoms with E-state index >= 15 is 0 Å². The summed E-state index contributed by atoms with van der Waals surface area (Å²) in [5.41, 5.74) is 3.64. The van der Waals surface area contributed by atoms with Crippen LogP contribution >= 0.6 is 0 Å². The molecule has 0 aliphatic heterocycles. The number of hydrogen-bond donors (Lipinski definition) is 2. The lowest BCUT2D eigenvalue weighted by molar-refractivity contribution is -0.192. The molecule has 0 atom stereocenters. The predicted molar refractivity (Wildman–Crippen MR) is 120 cm³/mol. The second kappa shape index (κ2) is 9.59. The number of benzene rings is 2. The Morgan fingerprint density at radius 1 is 1.06 bits per heavy atom. The van der Waals surface area contributed by atoms with Crippen molar-refractivity contribution in [3.05, 3.63) is 79.5 Å². The molecule has 0 fully saturated rings. The first-order valence-corrected chi connectivity index (χ1v) is 10.0. The highest BCUT2D eigenvalue weighted by Crippen LogP contribution is 2.23. The highest BCUT2D eigenvalue weighted by atomic mass is 19.4. The highest BCUT2D eigenvalue weighted by Gasteiger charge is 2.38. The van der Waals surface area contributed by atoms with Crippen molar-refractivity contribution in [2.24, 2.45) is 0 Å². The molecule has 3 heterocycles. The number of imidazole rings is 1. The summed E-state index contributed by atoms with van der Waals surface area (Å²) in [4.78, 5) is 26.3. The predicted octanol–water partition coefficient (Wildman–Crippen LogP) is 4.08. The Kier molecular flexibility index (Phi) is 6.40. The Balaban J connectivity index is 0.000000364. The standard InChI is InChI=1S/C20H16N8.C2HF3O2/c1-14-23-13-28(26-14)17-7-5-16(6-8-17)24-20-22-11-15-3-2-4-18(19(15)25-20)27-10-9-21-12-27;3-2(4,5)1(6)7/h2-13H,1H3,(H,22,24,25);(H,6,7).